The van der Waals surface area contributed by atoms with Gasteiger partial charge in [0.25, 0.3) is 0 Å². The zero-order chi connectivity index (χ0) is 19.8. The fourth-order valence-corrected chi connectivity index (χ4v) is 3.02. The van der Waals surface area contributed by atoms with E-state index in [2.05, 4.69) is 5.32 Å². The maximum absolute atomic E-state index is 11.4. The summed E-state index contributed by atoms with van der Waals surface area (Å²) in [6.07, 6.45) is 0.554. The van der Waals surface area contributed by atoms with Crippen molar-refractivity contribution in [3.63, 3.8) is 0 Å². The van der Waals surface area contributed by atoms with E-state index in [4.69, 9.17) is 21.1 Å². The van der Waals surface area contributed by atoms with Gasteiger partial charge in [-0.1, -0.05) is 55.8 Å². The molecule has 1 atom stereocenters. The van der Waals surface area contributed by atoms with Crippen molar-refractivity contribution in [1.29, 1.82) is 0 Å². The molecule has 0 aliphatic carbocycles. The van der Waals surface area contributed by atoms with E-state index in [9.17, 15) is 9.90 Å². The lowest BCUT2D eigenvalue weighted by atomic mass is 10.0. The third-order valence-corrected chi connectivity index (χ3v) is 4.35. The van der Waals surface area contributed by atoms with Crippen LogP contribution < -0.4 is 14.8 Å². The van der Waals surface area contributed by atoms with Crippen molar-refractivity contribution in [2.75, 3.05) is 7.11 Å². The Kier molecular flexibility index (Phi) is 7.95. The predicted molar refractivity (Wildman–Crippen MR) is 106 cm³/mol. The van der Waals surface area contributed by atoms with Crippen molar-refractivity contribution in [2.45, 2.75) is 39.5 Å². The summed E-state index contributed by atoms with van der Waals surface area (Å²) in [6.45, 7) is 4.75. The summed E-state index contributed by atoms with van der Waals surface area (Å²) < 4.78 is 11.3. The first kappa shape index (κ1) is 21.1. The Morgan fingerprint density at radius 3 is 2.48 bits per heavy atom. The molecule has 0 radical (unpaired) electrons. The van der Waals surface area contributed by atoms with E-state index in [1.807, 2.05) is 50.2 Å². The van der Waals surface area contributed by atoms with Gasteiger partial charge in [-0.3, -0.25) is 4.79 Å². The molecule has 2 rings (SSSR count). The summed E-state index contributed by atoms with van der Waals surface area (Å²) in [6, 6.07) is 12.8. The fourth-order valence-electron chi connectivity index (χ4n) is 2.73. The molecular weight excluding hydrogens is 366 g/mol. The lowest BCUT2D eigenvalue weighted by molar-refractivity contribution is -0.140. The highest BCUT2D eigenvalue weighted by Gasteiger charge is 2.19. The van der Waals surface area contributed by atoms with Crippen molar-refractivity contribution < 1.29 is 19.4 Å². The number of hydrogen-bond acceptors (Lipinski definition) is 4. The van der Waals surface area contributed by atoms with Crippen molar-refractivity contribution >= 4 is 17.6 Å². The molecule has 1 unspecified atom stereocenters. The monoisotopic (exact) mass is 391 g/mol. The summed E-state index contributed by atoms with van der Waals surface area (Å²) >= 11 is 6.39. The largest absolute Gasteiger partial charge is 0.493 e. The molecule has 2 aromatic carbocycles. The van der Waals surface area contributed by atoms with Crippen molar-refractivity contribution in [3.8, 4) is 11.5 Å². The van der Waals surface area contributed by atoms with Gasteiger partial charge in [0.1, 0.15) is 12.6 Å². The summed E-state index contributed by atoms with van der Waals surface area (Å²) in [5.41, 5.74) is 1.86. The maximum Gasteiger partial charge on any atom is 0.320 e. The molecule has 0 spiro atoms. The first-order valence-corrected chi connectivity index (χ1v) is 9.27. The van der Waals surface area contributed by atoms with Gasteiger partial charge in [0.15, 0.2) is 11.5 Å². The zero-order valence-electron chi connectivity index (χ0n) is 15.9. The zero-order valence-corrected chi connectivity index (χ0v) is 16.6. The summed E-state index contributed by atoms with van der Waals surface area (Å²) in [5, 5.41) is 12.8. The van der Waals surface area contributed by atoms with Crippen molar-refractivity contribution in [2.24, 2.45) is 5.92 Å². The van der Waals surface area contributed by atoms with Crippen LogP contribution in [0.3, 0.4) is 0 Å². The molecule has 2 N–H and O–H groups in total. The Morgan fingerprint density at radius 2 is 1.89 bits per heavy atom. The number of carboxylic acid groups (broad SMARTS) is 1. The second-order valence-corrected chi connectivity index (χ2v) is 7.19. The number of nitrogens with one attached hydrogen (secondary N) is 1. The molecule has 6 heteroatoms. The first-order valence-electron chi connectivity index (χ1n) is 8.90. The van der Waals surface area contributed by atoms with Gasteiger partial charge in [-0.15, -0.1) is 0 Å². The van der Waals surface area contributed by atoms with Crippen LogP contribution in [0.2, 0.25) is 5.02 Å². The number of rotatable bonds is 10. The second kappa shape index (κ2) is 10.2. The molecule has 0 saturated carbocycles. The van der Waals surface area contributed by atoms with Crippen LogP contribution in [0.1, 0.15) is 31.4 Å². The second-order valence-electron chi connectivity index (χ2n) is 6.78. The summed E-state index contributed by atoms with van der Waals surface area (Å²) in [4.78, 5) is 11.4. The number of ether oxygens (including phenoxy) is 2. The molecule has 2 aromatic rings. The standard InChI is InChI=1S/C21H26ClNO4/c1-14(2)9-18(21(24)25)23-12-16-10-17(22)20(19(11-16)26-3)27-13-15-7-5-4-6-8-15/h4-8,10-11,14,18,23H,9,12-13H2,1-3H3,(H,24,25). The van der Waals surface area contributed by atoms with Crippen LogP contribution in [-0.4, -0.2) is 24.2 Å². The average molecular weight is 392 g/mol. The van der Waals surface area contributed by atoms with Gasteiger partial charge in [0, 0.05) is 6.54 Å². The number of halogens is 1. The van der Waals surface area contributed by atoms with E-state index in [0.717, 1.165) is 11.1 Å². The van der Waals surface area contributed by atoms with Gasteiger partial charge < -0.3 is 19.9 Å². The maximum atomic E-state index is 11.4. The lowest BCUT2D eigenvalue weighted by Gasteiger charge is -2.18. The number of methoxy groups -OCH3 is 1. The van der Waals surface area contributed by atoms with Gasteiger partial charge >= 0.3 is 5.97 Å². The number of hydrogen-bond donors (Lipinski definition) is 2. The minimum absolute atomic E-state index is 0.283. The number of aliphatic carboxylic acids is 1. The quantitative estimate of drug-likeness (QED) is 0.623. The van der Waals surface area contributed by atoms with E-state index in [1.165, 1.54) is 0 Å². The summed E-state index contributed by atoms with van der Waals surface area (Å²) in [5.74, 6) is 0.421. The Hall–Kier alpha value is -2.24. The van der Waals surface area contributed by atoms with Crippen LogP contribution in [0, 0.1) is 5.92 Å². The molecule has 0 heterocycles. The highest BCUT2D eigenvalue weighted by molar-refractivity contribution is 6.32. The third kappa shape index (κ3) is 6.45. The van der Waals surface area contributed by atoms with Gasteiger partial charge in [-0.25, -0.2) is 0 Å². The molecule has 27 heavy (non-hydrogen) atoms. The Labute approximate surface area is 165 Å². The average Bonchev–Trinajstić information content (AvgIpc) is 2.64. The van der Waals surface area contributed by atoms with Gasteiger partial charge in [0.05, 0.1) is 12.1 Å². The minimum Gasteiger partial charge on any atom is -0.493 e. The Morgan fingerprint density at radius 1 is 1.19 bits per heavy atom. The molecule has 0 aromatic heterocycles. The van der Waals surface area contributed by atoms with E-state index in [0.29, 0.717) is 36.1 Å². The normalized spacial score (nSPS) is 12.0. The number of carbonyl (C=O) groups is 1. The third-order valence-electron chi connectivity index (χ3n) is 4.07. The van der Waals surface area contributed by atoms with E-state index in [1.54, 1.807) is 13.2 Å². The number of carboxylic acids is 1. The predicted octanol–water partition coefficient (Wildman–Crippen LogP) is 4.52. The van der Waals surface area contributed by atoms with E-state index in [-0.39, 0.29) is 5.92 Å². The minimum atomic E-state index is -0.857. The van der Waals surface area contributed by atoms with Crippen LogP contribution >= 0.6 is 11.6 Å². The van der Waals surface area contributed by atoms with Gasteiger partial charge in [0.2, 0.25) is 0 Å². The molecule has 0 aliphatic rings. The Balaban J connectivity index is 2.09. The molecule has 0 aliphatic heterocycles. The molecule has 146 valence electrons. The topological polar surface area (TPSA) is 67.8 Å². The molecular formula is C21H26ClNO4. The van der Waals surface area contributed by atoms with Crippen LogP contribution in [-0.2, 0) is 17.9 Å². The first-order chi connectivity index (χ1) is 12.9. The van der Waals surface area contributed by atoms with Gasteiger partial charge in [-0.2, -0.15) is 0 Å². The van der Waals surface area contributed by atoms with Crippen LogP contribution in [0.25, 0.3) is 0 Å². The van der Waals surface area contributed by atoms with Crippen LogP contribution in [0.4, 0.5) is 0 Å². The smallest absolute Gasteiger partial charge is 0.320 e. The molecule has 0 saturated heterocycles. The van der Waals surface area contributed by atoms with E-state index < -0.39 is 12.0 Å². The molecule has 0 amide bonds. The van der Waals surface area contributed by atoms with E-state index >= 15 is 0 Å². The molecule has 0 fully saturated rings. The lowest BCUT2D eigenvalue weighted by Crippen LogP contribution is -2.37. The SMILES string of the molecule is COc1cc(CNC(CC(C)C)C(=O)O)cc(Cl)c1OCc1ccccc1. The number of benzene rings is 2. The fraction of sp³-hybridized carbons (Fsp3) is 0.381. The van der Waals surface area contributed by atoms with Crippen LogP contribution in [0.5, 0.6) is 11.5 Å². The van der Waals surface area contributed by atoms with Crippen LogP contribution in [0.15, 0.2) is 42.5 Å². The summed E-state index contributed by atoms with van der Waals surface area (Å²) in [7, 11) is 1.55. The highest BCUT2D eigenvalue weighted by Crippen LogP contribution is 2.37. The van der Waals surface area contributed by atoms with Gasteiger partial charge in [-0.05, 0) is 35.6 Å². The molecule has 5 nitrogen and oxygen atoms in total. The Bertz CT molecular complexity index is 749. The van der Waals surface area contributed by atoms with Crippen molar-refractivity contribution in [1.82, 2.24) is 5.32 Å². The van der Waals surface area contributed by atoms with Crippen molar-refractivity contribution in [3.05, 3.63) is 58.6 Å². The molecule has 0 bridgehead atoms. The highest BCUT2D eigenvalue weighted by atomic mass is 35.5.